The number of aromatic nitrogens is 3. The Labute approximate surface area is 200 Å². The number of hydrogen-bond donors (Lipinski definition) is 0. The quantitative estimate of drug-likeness (QED) is 0.319. The van der Waals surface area contributed by atoms with Gasteiger partial charge < -0.3 is 18.9 Å². The number of hydrogen-bond acceptors (Lipinski definition) is 9. The van der Waals surface area contributed by atoms with Crippen molar-refractivity contribution in [2.45, 2.75) is 19.5 Å². The number of methoxy groups -OCH3 is 1. The highest BCUT2D eigenvalue weighted by molar-refractivity contribution is 7.22. The van der Waals surface area contributed by atoms with E-state index in [9.17, 15) is 13.6 Å². The Morgan fingerprint density at radius 2 is 2.12 bits per heavy atom. The first-order chi connectivity index (χ1) is 16.3. The van der Waals surface area contributed by atoms with Gasteiger partial charge in [-0.25, -0.2) is 28.5 Å². The van der Waals surface area contributed by atoms with Crippen LogP contribution in [0.15, 0.2) is 24.4 Å². The third kappa shape index (κ3) is 4.05. The lowest BCUT2D eigenvalue weighted by atomic mass is 10.1. The van der Waals surface area contributed by atoms with Gasteiger partial charge in [-0.1, -0.05) is 0 Å². The van der Waals surface area contributed by atoms with Crippen molar-refractivity contribution in [2.75, 3.05) is 20.3 Å². The van der Waals surface area contributed by atoms with Crippen LogP contribution in [-0.4, -0.2) is 46.8 Å². The van der Waals surface area contributed by atoms with Crippen LogP contribution in [0.2, 0.25) is 0 Å². The summed E-state index contributed by atoms with van der Waals surface area (Å²) >= 11 is 6.39. The summed E-state index contributed by atoms with van der Waals surface area (Å²) in [6, 6.07) is 4.95. The maximum Gasteiger partial charge on any atom is 0.403 e. The monoisotopic (exact) mass is 507 g/mol. The summed E-state index contributed by atoms with van der Waals surface area (Å²) < 4.78 is 49.9. The minimum atomic E-state index is -2.80. The molecule has 1 aliphatic heterocycles. The van der Waals surface area contributed by atoms with Crippen molar-refractivity contribution in [1.29, 1.82) is 0 Å². The van der Waals surface area contributed by atoms with Gasteiger partial charge in [0, 0.05) is 22.7 Å². The molecular formula is C22H16ClF2N3O5S. The molecule has 0 N–H and O–H groups in total. The lowest BCUT2D eigenvalue weighted by molar-refractivity contribution is 0.0409. The fourth-order valence-corrected chi connectivity index (χ4v) is 4.87. The van der Waals surface area contributed by atoms with Crippen LogP contribution in [0.1, 0.15) is 17.6 Å². The fourth-order valence-electron chi connectivity index (χ4n) is 3.70. The maximum absolute atomic E-state index is 14.0. The Bertz CT molecular complexity index is 1430. The normalized spacial score (nSPS) is 15.2. The van der Waals surface area contributed by atoms with Crippen LogP contribution in [0.4, 0.5) is 13.6 Å². The number of benzene rings is 2. The smallest absolute Gasteiger partial charge is 0.403 e. The van der Waals surface area contributed by atoms with E-state index in [0.29, 0.717) is 37.9 Å². The third-order valence-electron chi connectivity index (χ3n) is 5.15. The Kier molecular flexibility index (Phi) is 5.82. The minimum absolute atomic E-state index is 0.0478. The van der Waals surface area contributed by atoms with E-state index in [1.165, 1.54) is 30.7 Å². The molecule has 2 aromatic heterocycles. The van der Waals surface area contributed by atoms with Crippen molar-refractivity contribution in [1.82, 2.24) is 15.0 Å². The summed E-state index contributed by atoms with van der Waals surface area (Å²) in [4.78, 5) is 24.3. The van der Waals surface area contributed by atoms with E-state index >= 15 is 0 Å². The number of carbonyl (C=O) groups excluding carboxylic acids is 1. The zero-order valence-electron chi connectivity index (χ0n) is 17.8. The number of alkyl halides is 2. The predicted octanol–water partition coefficient (Wildman–Crippen LogP) is 5.68. The molecule has 34 heavy (non-hydrogen) atoms. The van der Waals surface area contributed by atoms with E-state index < -0.39 is 18.0 Å². The molecule has 176 valence electrons. The Morgan fingerprint density at radius 3 is 2.85 bits per heavy atom. The van der Waals surface area contributed by atoms with Crippen LogP contribution in [0.3, 0.4) is 0 Å². The number of halogens is 3. The second-order valence-corrected chi connectivity index (χ2v) is 8.79. The molecule has 0 aliphatic carbocycles. The highest BCUT2D eigenvalue weighted by Gasteiger charge is 2.30. The summed E-state index contributed by atoms with van der Waals surface area (Å²) in [5, 5.41) is 0.486. The van der Waals surface area contributed by atoms with Crippen molar-refractivity contribution >= 4 is 49.6 Å². The molecule has 0 radical (unpaired) electrons. The van der Waals surface area contributed by atoms with E-state index in [-0.39, 0.29) is 30.0 Å². The summed E-state index contributed by atoms with van der Waals surface area (Å²) in [6.45, 7) is 1.77. The van der Waals surface area contributed by atoms with E-state index in [1.807, 2.05) is 19.1 Å². The van der Waals surface area contributed by atoms with Crippen LogP contribution in [0.5, 0.6) is 17.4 Å². The van der Waals surface area contributed by atoms with Crippen molar-refractivity contribution in [3.63, 3.8) is 0 Å². The molecule has 0 saturated carbocycles. The van der Waals surface area contributed by atoms with Crippen molar-refractivity contribution < 1.29 is 32.5 Å². The Balaban J connectivity index is 1.64. The molecular weight excluding hydrogens is 492 g/mol. The van der Waals surface area contributed by atoms with E-state index in [1.54, 1.807) is 0 Å². The molecule has 8 nitrogen and oxygen atoms in total. The number of carbonyl (C=O) groups is 1. The third-order valence-corrected chi connectivity index (χ3v) is 6.35. The lowest BCUT2D eigenvalue weighted by Gasteiger charge is -2.26. The first-order valence-electron chi connectivity index (χ1n) is 10.0. The molecule has 5 rings (SSSR count). The summed E-state index contributed by atoms with van der Waals surface area (Å²) in [5.41, 5.74) is 1.56. The first kappa shape index (κ1) is 22.5. The van der Waals surface area contributed by atoms with Gasteiger partial charge in [-0.2, -0.15) is 0 Å². The number of fused-ring (bicyclic) bond motifs is 4. The largest absolute Gasteiger partial charge is 0.484 e. The molecule has 12 heteroatoms. The second kappa shape index (κ2) is 8.80. The first-order valence-corrected chi connectivity index (χ1v) is 11.2. The molecule has 1 atom stereocenters. The van der Waals surface area contributed by atoms with Crippen LogP contribution < -0.4 is 14.2 Å². The van der Waals surface area contributed by atoms with Crippen molar-refractivity contribution in [3.05, 3.63) is 35.5 Å². The van der Waals surface area contributed by atoms with Gasteiger partial charge in [-0.3, -0.25) is 0 Å². The van der Waals surface area contributed by atoms with Crippen LogP contribution in [0.25, 0.3) is 31.8 Å². The molecule has 3 heterocycles. The summed E-state index contributed by atoms with van der Waals surface area (Å²) in [5.74, 6) is 0.794. The zero-order valence-corrected chi connectivity index (χ0v) is 19.4. The van der Waals surface area contributed by atoms with Crippen molar-refractivity contribution in [2.24, 2.45) is 0 Å². The van der Waals surface area contributed by atoms with Gasteiger partial charge in [-0.15, -0.1) is 11.3 Å². The lowest BCUT2D eigenvalue weighted by Crippen LogP contribution is -2.33. The highest BCUT2D eigenvalue weighted by atomic mass is 35.5. The summed E-state index contributed by atoms with van der Waals surface area (Å²) in [7, 11) is 1.50. The number of ether oxygens (including phenoxy) is 4. The zero-order chi connectivity index (χ0) is 24.0. The number of aryl methyl sites for hydroxylation is 1. The van der Waals surface area contributed by atoms with Gasteiger partial charge in [0.05, 0.1) is 29.9 Å². The van der Waals surface area contributed by atoms with Gasteiger partial charge in [0.15, 0.2) is 17.6 Å². The van der Waals surface area contributed by atoms with E-state index in [2.05, 4.69) is 15.0 Å². The molecule has 0 fully saturated rings. The molecule has 2 aromatic carbocycles. The van der Waals surface area contributed by atoms with Gasteiger partial charge in [0.25, 0.3) is 6.43 Å². The van der Waals surface area contributed by atoms with Gasteiger partial charge >= 0.3 is 5.43 Å². The maximum atomic E-state index is 14.0. The topological polar surface area (TPSA) is 92.7 Å². The molecule has 0 bridgehead atoms. The molecule has 1 aliphatic rings. The molecule has 0 unspecified atom stereocenters. The predicted molar refractivity (Wildman–Crippen MR) is 122 cm³/mol. The Hall–Kier alpha value is -3.31. The number of thiazole rings is 1. The van der Waals surface area contributed by atoms with Gasteiger partial charge in [0.2, 0.25) is 5.88 Å². The second-order valence-electron chi connectivity index (χ2n) is 7.48. The van der Waals surface area contributed by atoms with Gasteiger partial charge in [-0.05, 0) is 30.7 Å². The Morgan fingerprint density at radius 1 is 1.29 bits per heavy atom. The summed E-state index contributed by atoms with van der Waals surface area (Å²) in [6.07, 6.45) is -1.99. The van der Waals surface area contributed by atoms with Crippen molar-refractivity contribution in [3.8, 4) is 28.0 Å². The molecule has 0 amide bonds. The standard InChI is InChI=1S/C22H16ClF2N3O5S/c1-9-3-12(16-13(4-9)27-15(30-2)6-26-16)21-28-17-11(20(24)25)5-14-18(19(17)34-21)31-7-10(33-14)8-32-22(23)29/h3-6,10,20H,7-8H2,1-2H3/t10-/m0/s1. The van der Waals surface area contributed by atoms with Gasteiger partial charge in [0.1, 0.15) is 22.9 Å². The van der Waals surface area contributed by atoms with Crippen LogP contribution in [-0.2, 0) is 4.74 Å². The molecule has 0 saturated heterocycles. The molecule has 0 spiro atoms. The minimum Gasteiger partial charge on any atom is -0.484 e. The highest BCUT2D eigenvalue weighted by Crippen LogP contribution is 2.48. The van der Waals surface area contributed by atoms with Crippen LogP contribution in [0, 0.1) is 6.92 Å². The van der Waals surface area contributed by atoms with E-state index in [4.69, 9.17) is 30.5 Å². The average Bonchev–Trinajstić information content (AvgIpc) is 3.26. The fraction of sp³-hybridized carbons (Fsp3) is 0.273. The number of rotatable bonds is 5. The number of nitrogens with zero attached hydrogens (tertiary/aromatic N) is 3. The SMILES string of the molecule is COc1cnc2c(-c3nc4c(C(F)F)cc5c(c4s3)OC[C@@H](COC(=O)Cl)O5)cc(C)cc2n1. The van der Waals surface area contributed by atoms with Crippen LogP contribution >= 0.6 is 22.9 Å². The average molecular weight is 508 g/mol. The van der Waals surface area contributed by atoms with E-state index in [0.717, 1.165) is 5.56 Å². The molecule has 4 aromatic rings.